The zero-order valence-corrected chi connectivity index (χ0v) is 22.4. The third kappa shape index (κ3) is 5.03. The number of nitrogens with zero attached hydrogens (tertiary/aromatic N) is 1. The number of amides is 1. The van der Waals surface area contributed by atoms with E-state index in [1.165, 1.54) is 51.8 Å². The molecule has 31 heavy (non-hydrogen) atoms. The van der Waals surface area contributed by atoms with Gasteiger partial charge in [-0.15, -0.1) is 0 Å². The summed E-state index contributed by atoms with van der Waals surface area (Å²) in [5, 5.41) is 12.2. The van der Waals surface area contributed by atoms with Gasteiger partial charge in [0.1, 0.15) is 0 Å². The van der Waals surface area contributed by atoms with E-state index in [0.717, 1.165) is 15.7 Å². The fraction of sp³-hybridized carbons (Fsp3) is 0.519. The van der Waals surface area contributed by atoms with Gasteiger partial charge >= 0.3 is 193 Å². The van der Waals surface area contributed by atoms with Crippen molar-refractivity contribution >= 4 is 24.3 Å². The summed E-state index contributed by atoms with van der Waals surface area (Å²) in [6, 6.07) is 17.5. The van der Waals surface area contributed by atoms with Gasteiger partial charge in [0.15, 0.2) is 0 Å². The number of hydrogen-bond donors (Lipinski definition) is 1. The standard InChI is InChI=1S/C15H12NO2.3C4H9.Sn/c1-16-14(17)12-9-5-6-10-13(12)15(16,18)11-7-3-2-4-8-11;3*1-3-4-2;/h2-10,18H,1H2;3*1,3-4H2,2H3;. The number of hydrogen-bond acceptors (Lipinski definition) is 2. The normalized spacial score (nSPS) is 18.5. The Hall–Kier alpha value is -1.33. The summed E-state index contributed by atoms with van der Waals surface area (Å²) >= 11 is -2.72. The number of aliphatic hydroxyl groups is 1. The Morgan fingerprint density at radius 1 is 0.806 bits per heavy atom. The molecule has 0 fully saturated rings. The van der Waals surface area contributed by atoms with Crippen LogP contribution in [0.3, 0.4) is 0 Å². The molecule has 0 saturated carbocycles. The summed E-state index contributed by atoms with van der Waals surface area (Å²) in [4.78, 5) is 15.6. The van der Waals surface area contributed by atoms with Crippen molar-refractivity contribution in [2.24, 2.45) is 0 Å². The molecule has 0 aliphatic carbocycles. The molecule has 168 valence electrons. The van der Waals surface area contributed by atoms with Crippen molar-refractivity contribution in [2.45, 2.75) is 78.3 Å². The summed E-state index contributed by atoms with van der Waals surface area (Å²) in [6.07, 6.45) is 7.36. The van der Waals surface area contributed by atoms with Gasteiger partial charge < -0.3 is 0 Å². The van der Waals surface area contributed by atoms with Crippen LogP contribution >= 0.6 is 0 Å². The van der Waals surface area contributed by atoms with Gasteiger partial charge in [-0.3, -0.25) is 0 Å². The fourth-order valence-electron chi connectivity index (χ4n) is 5.18. The molecule has 1 amide bonds. The van der Waals surface area contributed by atoms with Gasteiger partial charge in [0.25, 0.3) is 0 Å². The summed E-state index contributed by atoms with van der Waals surface area (Å²) in [7, 11) is 0. The molecule has 1 aliphatic rings. The molecule has 2 aromatic carbocycles. The van der Waals surface area contributed by atoms with Crippen molar-refractivity contribution in [3.05, 3.63) is 71.3 Å². The van der Waals surface area contributed by atoms with Gasteiger partial charge in [0.05, 0.1) is 0 Å². The van der Waals surface area contributed by atoms with Crippen LogP contribution in [0.1, 0.15) is 80.8 Å². The second-order valence-corrected chi connectivity index (χ2v) is 23.0. The SMILES string of the molecule is CCC[CH2][Sn]([CH2]CCC)([CH2]CCC)[CH2]N1C(=O)c2ccccc2C1(O)c1ccccc1. The maximum atomic E-state index is 13.7. The molecule has 1 unspecified atom stereocenters. The Morgan fingerprint density at radius 2 is 1.32 bits per heavy atom. The van der Waals surface area contributed by atoms with Crippen molar-refractivity contribution in [1.29, 1.82) is 0 Å². The van der Waals surface area contributed by atoms with E-state index in [1.807, 2.05) is 59.5 Å². The van der Waals surface area contributed by atoms with Crippen LogP contribution < -0.4 is 0 Å². The summed E-state index contributed by atoms with van der Waals surface area (Å²) in [6.45, 7) is 6.81. The average molecular weight is 528 g/mol. The monoisotopic (exact) mass is 529 g/mol. The Kier molecular flexibility index (Phi) is 8.63. The molecule has 1 aliphatic heterocycles. The Morgan fingerprint density at radius 3 is 1.87 bits per heavy atom. The van der Waals surface area contributed by atoms with Crippen LogP contribution in [0.4, 0.5) is 0 Å². The molecule has 0 spiro atoms. The predicted octanol–water partition coefficient (Wildman–Crippen LogP) is 6.72. The fourth-order valence-corrected chi connectivity index (χ4v) is 21.1. The van der Waals surface area contributed by atoms with E-state index in [9.17, 15) is 9.90 Å². The van der Waals surface area contributed by atoms with Gasteiger partial charge in [0.2, 0.25) is 0 Å². The van der Waals surface area contributed by atoms with E-state index in [4.69, 9.17) is 0 Å². The number of unbranched alkanes of at least 4 members (excludes halogenated alkanes) is 3. The maximum absolute atomic E-state index is 13.7. The Labute approximate surface area is 192 Å². The molecule has 0 aromatic heterocycles. The van der Waals surface area contributed by atoms with Crippen molar-refractivity contribution < 1.29 is 9.90 Å². The second-order valence-electron chi connectivity index (χ2n) is 9.29. The number of rotatable bonds is 12. The molecule has 1 N–H and O–H groups in total. The zero-order chi connectivity index (χ0) is 22.3. The van der Waals surface area contributed by atoms with Gasteiger partial charge in [-0.2, -0.15) is 0 Å². The third-order valence-corrected chi connectivity index (χ3v) is 21.9. The van der Waals surface area contributed by atoms with E-state index >= 15 is 0 Å². The quantitative estimate of drug-likeness (QED) is 0.311. The van der Waals surface area contributed by atoms with Crippen molar-refractivity contribution in [2.75, 3.05) is 4.56 Å². The first-order chi connectivity index (χ1) is 15.0. The van der Waals surface area contributed by atoms with E-state index < -0.39 is 24.1 Å². The molecule has 3 rings (SSSR count). The van der Waals surface area contributed by atoms with Gasteiger partial charge in [-0.05, 0) is 0 Å². The van der Waals surface area contributed by atoms with Crippen molar-refractivity contribution in [3.63, 3.8) is 0 Å². The summed E-state index contributed by atoms with van der Waals surface area (Å²) in [5.41, 5.74) is 0.847. The molecular formula is C27H39NO2Sn. The minimum atomic E-state index is -2.72. The number of fused-ring (bicyclic) bond motifs is 1. The van der Waals surface area contributed by atoms with Crippen LogP contribution in [0, 0.1) is 0 Å². The van der Waals surface area contributed by atoms with Crippen LogP contribution in [-0.2, 0) is 5.72 Å². The number of benzene rings is 2. The van der Waals surface area contributed by atoms with Crippen molar-refractivity contribution in [1.82, 2.24) is 4.90 Å². The minimum absolute atomic E-state index is 0.00697. The third-order valence-electron chi connectivity index (χ3n) is 7.02. The summed E-state index contributed by atoms with van der Waals surface area (Å²) < 4.78 is 4.76. The molecular weight excluding hydrogens is 489 g/mol. The molecule has 3 nitrogen and oxygen atoms in total. The average Bonchev–Trinajstić information content (AvgIpc) is 3.03. The molecule has 0 bridgehead atoms. The first kappa shape index (κ1) is 24.3. The first-order valence-electron chi connectivity index (χ1n) is 12.2. The van der Waals surface area contributed by atoms with Crippen molar-refractivity contribution in [3.8, 4) is 0 Å². The van der Waals surface area contributed by atoms with E-state index in [2.05, 4.69) is 20.8 Å². The number of carbonyl (C=O) groups excluding carboxylic acids is 1. The van der Waals surface area contributed by atoms with Crippen LogP contribution in [0.15, 0.2) is 54.6 Å². The van der Waals surface area contributed by atoms with Crippen LogP contribution in [0.25, 0.3) is 0 Å². The topological polar surface area (TPSA) is 40.5 Å². The van der Waals surface area contributed by atoms with E-state index in [1.54, 1.807) is 0 Å². The van der Waals surface area contributed by atoms with Gasteiger partial charge in [0, 0.05) is 0 Å². The molecule has 0 radical (unpaired) electrons. The Bertz CT molecular complexity index is 832. The molecule has 2 aromatic rings. The summed E-state index contributed by atoms with van der Waals surface area (Å²) in [5.74, 6) is 0.00697. The van der Waals surface area contributed by atoms with Crippen LogP contribution in [-0.4, -0.2) is 38.9 Å². The molecule has 1 heterocycles. The molecule has 1 atom stereocenters. The zero-order valence-electron chi connectivity index (χ0n) is 19.6. The van der Waals surface area contributed by atoms with Gasteiger partial charge in [-0.1, -0.05) is 0 Å². The van der Waals surface area contributed by atoms with E-state index in [-0.39, 0.29) is 5.91 Å². The van der Waals surface area contributed by atoms with E-state index in [0.29, 0.717) is 5.56 Å². The predicted molar refractivity (Wildman–Crippen MR) is 132 cm³/mol. The van der Waals surface area contributed by atoms with Gasteiger partial charge in [-0.25, -0.2) is 0 Å². The second kappa shape index (κ2) is 11.0. The Balaban J connectivity index is 2.07. The molecule has 4 heteroatoms. The molecule has 0 saturated heterocycles. The van der Waals surface area contributed by atoms with Crippen LogP contribution in [0.2, 0.25) is 13.3 Å². The number of carbonyl (C=O) groups is 1. The van der Waals surface area contributed by atoms with Crippen LogP contribution in [0.5, 0.6) is 0 Å². The first-order valence-corrected chi connectivity index (χ1v) is 20.3.